The molecule has 0 radical (unpaired) electrons. The Bertz CT molecular complexity index is 216. The predicted molar refractivity (Wildman–Crippen MR) is 68.6 cm³/mol. The maximum atomic E-state index is 5.59. The summed E-state index contributed by atoms with van der Waals surface area (Å²) >= 11 is 4.39. The lowest BCUT2D eigenvalue weighted by Crippen LogP contribution is -2.15. The van der Waals surface area contributed by atoms with Gasteiger partial charge in [-0.2, -0.15) is 0 Å². The second-order valence-corrected chi connectivity index (χ2v) is 7.91. The van der Waals surface area contributed by atoms with Gasteiger partial charge in [-0.3, -0.25) is 0 Å². The van der Waals surface area contributed by atoms with Gasteiger partial charge in [0.15, 0.2) is 0 Å². The molecule has 3 atom stereocenters. The van der Waals surface area contributed by atoms with Crippen molar-refractivity contribution in [3.63, 3.8) is 0 Å². The molecule has 0 aromatic heterocycles. The molecule has 0 aromatic rings. The Morgan fingerprint density at radius 3 is 2.67 bits per heavy atom. The standard InChI is InChI=1S/C12H20OS2/c1-6-14-12(15-7-1)5-3-9-2-4-10-11(8-9)13-10/h9-12H,1-8H2. The summed E-state index contributed by atoms with van der Waals surface area (Å²) in [5, 5.41) is 0. The van der Waals surface area contributed by atoms with Crippen LogP contribution < -0.4 is 0 Å². The second kappa shape index (κ2) is 4.89. The maximum Gasteiger partial charge on any atom is 0.0844 e. The van der Waals surface area contributed by atoms with Gasteiger partial charge in [-0.1, -0.05) is 0 Å². The van der Waals surface area contributed by atoms with E-state index in [2.05, 4.69) is 23.5 Å². The Hall–Kier alpha value is 0.660. The summed E-state index contributed by atoms with van der Waals surface area (Å²) in [7, 11) is 0. The molecular weight excluding hydrogens is 224 g/mol. The smallest absolute Gasteiger partial charge is 0.0844 e. The van der Waals surface area contributed by atoms with E-state index in [-0.39, 0.29) is 0 Å². The Morgan fingerprint density at radius 1 is 1.00 bits per heavy atom. The molecule has 0 amide bonds. The maximum absolute atomic E-state index is 5.59. The van der Waals surface area contributed by atoms with Crippen molar-refractivity contribution >= 4 is 23.5 Å². The summed E-state index contributed by atoms with van der Waals surface area (Å²) in [4.78, 5) is 0. The molecule has 0 N–H and O–H groups in total. The van der Waals surface area contributed by atoms with E-state index in [1.54, 1.807) is 0 Å². The molecule has 1 aliphatic carbocycles. The van der Waals surface area contributed by atoms with Gasteiger partial charge in [-0.15, -0.1) is 23.5 Å². The largest absolute Gasteiger partial charge is 0.370 e. The lowest BCUT2D eigenvalue weighted by atomic mass is 9.86. The highest BCUT2D eigenvalue weighted by atomic mass is 32.2. The van der Waals surface area contributed by atoms with Crippen LogP contribution >= 0.6 is 23.5 Å². The van der Waals surface area contributed by atoms with Gasteiger partial charge >= 0.3 is 0 Å². The molecule has 2 aliphatic heterocycles. The van der Waals surface area contributed by atoms with Crippen molar-refractivity contribution in [2.75, 3.05) is 11.5 Å². The Labute approximate surface area is 101 Å². The van der Waals surface area contributed by atoms with Crippen molar-refractivity contribution in [3.8, 4) is 0 Å². The van der Waals surface area contributed by atoms with Gasteiger partial charge in [0.2, 0.25) is 0 Å². The van der Waals surface area contributed by atoms with E-state index in [0.29, 0.717) is 12.2 Å². The molecule has 3 rings (SSSR count). The van der Waals surface area contributed by atoms with Crippen LogP contribution in [0.1, 0.15) is 38.5 Å². The van der Waals surface area contributed by atoms with E-state index in [0.717, 1.165) is 10.5 Å². The van der Waals surface area contributed by atoms with E-state index in [4.69, 9.17) is 4.74 Å². The van der Waals surface area contributed by atoms with Crippen molar-refractivity contribution in [2.24, 2.45) is 5.92 Å². The molecule has 1 nitrogen and oxygen atoms in total. The fourth-order valence-electron chi connectivity index (χ4n) is 2.82. The molecule has 15 heavy (non-hydrogen) atoms. The van der Waals surface area contributed by atoms with Crippen molar-refractivity contribution in [2.45, 2.75) is 55.3 Å². The molecule has 3 heteroatoms. The average Bonchev–Trinajstić information content (AvgIpc) is 3.06. The third kappa shape index (κ3) is 2.86. The third-order valence-corrected chi connectivity index (χ3v) is 6.90. The fourth-order valence-corrected chi connectivity index (χ4v) is 5.72. The van der Waals surface area contributed by atoms with Gasteiger partial charge in [0.05, 0.1) is 16.8 Å². The highest BCUT2D eigenvalue weighted by Gasteiger charge is 2.43. The van der Waals surface area contributed by atoms with Crippen LogP contribution in [0.2, 0.25) is 0 Å². The van der Waals surface area contributed by atoms with E-state index in [1.807, 2.05) is 0 Å². The minimum Gasteiger partial charge on any atom is -0.370 e. The molecule has 3 unspecified atom stereocenters. The first kappa shape index (κ1) is 10.8. The topological polar surface area (TPSA) is 12.5 Å². The number of hydrogen-bond donors (Lipinski definition) is 0. The second-order valence-electron chi connectivity index (χ2n) is 4.99. The molecule has 2 saturated heterocycles. The van der Waals surface area contributed by atoms with E-state index in [1.165, 1.54) is 50.0 Å². The predicted octanol–water partition coefficient (Wildman–Crippen LogP) is 3.53. The highest BCUT2D eigenvalue weighted by molar-refractivity contribution is 8.17. The summed E-state index contributed by atoms with van der Waals surface area (Å²) < 4.78 is 6.50. The van der Waals surface area contributed by atoms with Crippen molar-refractivity contribution in [3.05, 3.63) is 0 Å². The summed E-state index contributed by atoms with van der Waals surface area (Å²) in [5.74, 6) is 3.78. The molecule has 0 bridgehead atoms. The molecular formula is C12H20OS2. The first-order chi connectivity index (χ1) is 7.42. The van der Waals surface area contributed by atoms with Gasteiger partial charge in [0, 0.05) is 0 Å². The molecule has 0 aromatic carbocycles. The summed E-state index contributed by atoms with van der Waals surface area (Å²) in [6.07, 6.45) is 9.83. The quantitative estimate of drug-likeness (QED) is 0.705. The van der Waals surface area contributed by atoms with Crippen LogP contribution in [0.5, 0.6) is 0 Å². The van der Waals surface area contributed by atoms with Crippen LogP contribution in [-0.2, 0) is 4.74 Å². The van der Waals surface area contributed by atoms with Crippen LogP contribution in [-0.4, -0.2) is 28.3 Å². The molecule has 1 saturated carbocycles. The first-order valence-corrected chi connectivity index (χ1v) is 8.40. The van der Waals surface area contributed by atoms with Gasteiger partial charge in [-0.05, 0) is 55.9 Å². The van der Waals surface area contributed by atoms with Crippen molar-refractivity contribution < 1.29 is 4.74 Å². The molecule has 3 fully saturated rings. The SMILES string of the molecule is C1CSC(CCC2CCC3OC3C2)SC1. The van der Waals surface area contributed by atoms with E-state index >= 15 is 0 Å². The third-order valence-electron chi connectivity index (χ3n) is 3.82. The summed E-state index contributed by atoms with van der Waals surface area (Å²) in [5.41, 5.74) is 0. The van der Waals surface area contributed by atoms with Crippen LogP contribution in [0.4, 0.5) is 0 Å². The van der Waals surface area contributed by atoms with Crippen LogP contribution in [0.3, 0.4) is 0 Å². The van der Waals surface area contributed by atoms with E-state index in [9.17, 15) is 0 Å². The number of hydrogen-bond acceptors (Lipinski definition) is 3. The normalized spacial score (nSPS) is 41.2. The van der Waals surface area contributed by atoms with E-state index < -0.39 is 0 Å². The Kier molecular flexibility index (Phi) is 3.52. The molecule has 86 valence electrons. The minimum absolute atomic E-state index is 0.676. The van der Waals surface area contributed by atoms with Gasteiger partial charge in [0.1, 0.15) is 0 Å². The first-order valence-electron chi connectivity index (χ1n) is 6.30. The number of rotatable bonds is 3. The van der Waals surface area contributed by atoms with Gasteiger partial charge < -0.3 is 4.74 Å². The van der Waals surface area contributed by atoms with Crippen molar-refractivity contribution in [1.82, 2.24) is 0 Å². The lowest BCUT2D eigenvalue weighted by molar-refractivity contribution is 0.349. The van der Waals surface area contributed by atoms with Crippen molar-refractivity contribution in [1.29, 1.82) is 0 Å². The van der Waals surface area contributed by atoms with Crippen LogP contribution in [0, 0.1) is 5.92 Å². The van der Waals surface area contributed by atoms with Crippen LogP contribution in [0.15, 0.2) is 0 Å². The number of fused-ring (bicyclic) bond motifs is 1. The zero-order chi connectivity index (χ0) is 10.1. The highest BCUT2D eigenvalue weighted by Crippen LogP contribution is 2.42. The molecule has 3 aliphatic rings. The number of epoxide rings is 1. The summed E-state index contributed by atoms with van der Waals surface area (Å²) in [6.45, 7) is 0. The number of thioether (sulfide) groups is 2. The zero-order valence-corrected chi connectivity index (χ0v) is 10.8. The average molecular weight is 244 g/mol. The zero-order valence-electron chi connectivity index (χ0n) is 9.19. The number of ether oxygens (including phenoxy) is 1. The Balaban J connectivity index is 1.37. The molecule has 0 spiro atoms. The van der Waals surface area contributed by atoms with Crippen LogP contribution in [0.25, 0.3) is 0 Å². The van der Waals surface area contributed by atoms with Gasteiger partial charge in [-0.25, -0.2) is 0 Å². The lowest BCUT2D eigenvalue weighted by Gasteiger charge is -2.24. The Morgan fingerprint density at radius 2 is 1.87 bits per heavy atom. The monoisotopic (exact) mass is 244 g/mol. The van der Waals surface area contributed by atoms with Gasteiger partial charge in [0.25, 0.3) is 0 Å². The minimum atomic E-state index is 0.676. The summed E-state index contributed by atoms with van der Waals surface area (Å²) in [6, 6.07) is 0. The molecule has 2 heterocycles. The fraction of sp³-hybridized carbons (Fsp3) is 1.00.